The van der Waals surface area contributed by atoms with Crippen LogP contribution in [0.15, 0.2) is 22.7 Å². The first kappa shape index (κ1) is 14.5. The van der Waals surface area contributed by atoms with Gasteiger partial charge in [-0.25, -0.2) is 0 Å². The van der Waals surface area contributed by atoms with Crippen LogP contribution in [0.3, 0.4) is 0 Å². The van der Waals surface area contributed by atoms with Crippen molar-refractivity contribution in [2.75, 3.05) is 0 Å². The Balaban J connectivity index is 2.58. The SMILES string of the molecule is Cc1ccc(Br)c(C(N)CCCC(F)(F)F)c1. The van der Waals surface area contributed by atoms with E-state index in [4.69, 9.17) is 5.73 Å². The highest BCUT2D eigenvalue weighted by Gasteiger charge is 2.26. The molecule has 1 atom stereocenters. The molecule has 0 saturated heterocycles. The highest BCUT2D eigenvalue weighted by Crippen LogP contribution is 2.29. The van der Waals surface area contributed by atoms with Crippen molar-refractivity contribution in [1.29, 1.82) is 0 Å². The van der Waals surface area contributed by atoms with E-state index in [2.05, 4.69) is 15.9 Å². The zero-order valence-electron chi connectivity index (χ0n) is 9.52. The van der Waals surface area contributed by atoms with Gasteiger partial charge in [-0.05, 0) is 31.4 Å². The summed E-state index contributed by atoms with van der Waals surface area (Å²) in [7, 11) is 0. The Kier molecular flexibility index (Phi) is 5.01. The zero-order valence-corrected chi connectivity index (χ0v) is 11.1. The van der Waals surface area contributed by atoms with Crippen LogP contribution in [0.25, 0.3) is 0 Å². The first-order valence-electron chi connectivity index (χ1n) is 5.38. The first-order chi connectivity index (χ1) is 7.79. The van der Waals surface area contributed by atoms with Crippen LogP contribution >= 0.6 is 15.9 Å². The zero-order chi connectivity index (χ0) is 13.1. The quantitative estimate of drug-likeness (QED) is 0.871. The van der Waals surface area contributed by atoms with Gasteiger partial charge in [0.05, 0.1) is 0 Å². The third kappa shape index (κ3) is 5.08. The highest BCUT2D eigenvalue weighted by molar-refractivity contribution is 9.10. The molecule has 1 unspecified atom stereocenters. The Bertz CT molecular complexity index is 377. The summed E-state index contributed by atoms with van der Waals surface area (Å²) < 4.78 is 36.9. The first-order valence-corrected chi connectivity index (χ1v) is 6.17. The molecular formula is C12H15BrF3N. The number of alkyl halides is 3. The van der Waals surface area contributed by atoms with Crippen molar-refractivity contribution in [3.05, 3.63) is 33.8 Å². The van der Waals surface area contributed by atoms with Crippen molar-refractivity contribution in [3.8, 4) is 0 Å². The summed E-state index contributed by atoms with van der Waals surface area (Å²) >= 11 is 3.36. The molecule has 0 bridgehead atoms. The average molecular weight is 310 g/mol. The van der Waals surface area contributed by atoms with E-state index in [1.165, 1.54) is 0 Å². The summed E-state index contributed by atoms with van der Waals surface area (Å²) in [6.07, 6.45) is -4.47. The van der Waals surface area contributed by atoms with Gasteiger partial charge in [0.25, 0.3) is 0 Å². The molecule has 2 N–H and O–H groups in total. The van der Waals surface area contributed by atoms with Gasteiger partial charge in [-0.1, -0.05) is 33.6 Å². The Morgan fingerprint density at radius 1 is 1.35 bits per heavy atom. The van der Waals surface area contributed by atoms with Crippen molar-refractivity contribution < 1.29 is 13.2 Å². The molecule has 0 saturated carbocycles. The third-order valence-corrected chi connectivity index (χ3v) is 3.25. The fourth-order valence-corrected chi connectivity index (χ4v) is 2.17. The second kappa shape index (κ2) is 5.87. The van der Waals surface area contributed by atoms with E-state index in [0.29, 0.717) is 6.42 Å². The Labute approximate surface area is 107 Å². The van der Waals surface area contributed by atoms with Gasteiger partial charge in [0, 0.05) is 16.9 Å². The van der Waals surface area contributed by atoms with E-state index >= 15 is 0 Å². The monoisotopic (exact) mass is 309 g/mol. The van der Waals surface area contributed by atoms with Crippen molar-refractivity contribution in [3.63, 3.8) is 0 Å². The van der Waals surface area contributed by atoms with E-state index in [-0.39, 0.29) is 12.5 Å². The van der Waals surface area contributed by atoms with Gasteiger partial charge in [-0.2, -0.15) is 13.2 Å². The Morgan fingerprint density at radius 2 is 2.00 bits per heavy atom. The number of benzene rings is 1. The maximum atomic E-state index is 12.0. The van der Waals surface area contributed by atoms with Crippen LogP contribution in [0, 0.1) is 6.92 Å². The minimum Gasteiger partial charge on any atom is -0.324 e. The Morgan fingerprint density at radius 3 is 2.59 bits per heavy atom. The number of nitrogens with two attached hydrogens (primary N) is 1. The lowest BCUT2D eigenvalue weighted by Crippen LogP contribution is -2.13. The number of hydrogen-bond donors (Lipinski definition) is 1. The van der Waals surface area contributed by atoms with E-state index in [0.717, 1.165) is 15.6 Å². The molecule has 0 aliphatic carbocycles. The minimum absolute atomic E-state index is 0.0606. The molecule has 1 aromatic rings. The maximum absolute atomic E-state index is 12.0. The fraction of sp³-hybridized carbons (Fsp3) is 0.500. The molecule has 5 heteroatoms. The summed E-state index contributed by atoms with van der Waals surface area (Å²) in [6.45, 7) is 1.93. The molecule has 0 heterocycles. The van der Waals surface area contributed by atoms with Crippen molar-refractivity contribution in [2.45, 2.75) is 38.4 Å². The van der Waals surface area contributed by atoms with Crippen LogP contribution in [0.2, 0.25) is 0 Å². The summed E-state index contributed by atoms with van der Waals surface area (Å²) in [4.78, 5) is 0. The molecule has 0 fully saturated rings. The second-order valence-corrected chi connectivity index (χ2v) is 4.99. The van der Waals surface area contributed by atoms with E-state index in [1.807, 2.05) is 25.1 Å². The predicted octanol–water partition coefficient (Wildman–Crippen LogP) is 4.49. The van der Waals surface area contributed by atoms with Gasteiger partial charge < -0.3 is 5.73 Å². The molecule has 0 amide bonds. The van der Waals surface area contributed by atoms with E-state index in [9.17, 15) is 13.2 Å². The van der Waals surface area contributed by atoms with Gasteiger partial charge in [0.15, 0.2) is 0 Å². The van der Waals surface area contributed by atoms with E-state index in [1.54, 1.807) is 0 Å². The van der Waals surface area contributed by atoms with Gasteiger partial charge in [-0.15, -0.1) is 0 Å². The summed E-state index contributed by atoms with van der Waals surface area (Å²) in [5, 5.41) is 0. The molecular weight excluding hydrogens is 295 g/mol. The normalized spacial score (nSPS) is 13.8. The van der Waals surface area contributed by atoms with Crippen LogP contribution in [-0.2, 0) is 0 Å². The topological polar surface area (TPSA) is 26.0 Å². The number of aryl methyl sites for hydroxylation is 1. The van der Waals surface area contributed by atoms with Gasteiger partial charge in [0.2, 0.25) is 0 Å². The Hall–Kier alpha value is -0.550. The lowest BCUT2D eigenvalue weighted by molar-refractivity contribution is -0.135. The van der Waals surface area contributed by atoms with Gasteiger partial charge in [-0.3, -0.25) is 0 Å². The van der Waals surface area contributed by atoms with Gasteiger partial charge in [0.1, 0.15) is 0 Å². The largest absolute Gasteiger partial charge is 0.389 e. The fourth-order valence-electron chi connectivity index (χ4n) is 1.63. The molecule has 0 radical (unpaired) electrons. The lowest BCUT2D eigenvalue weighted by atomic mass is 10.0. The lowest BCUT2D eigenvalue weighted by Gasteiger charge is -2.15. The van der Waals surface area contributed by atoms with Crippen molar-refractivity contribution in [2.24, 2.45) is 5.73 Å². The third-order valence-electron chi connectivity index (χ3n) is 2.53. The van der Waals surface area contributed by atoms with Crippen LogP contribution < -0.4 is 5.73 Å². The van der Waals surface area contributed by atoms with Crippen molar-refractivity contribution >= 4 is 15.9 Å². The number of hydrogen-bond acceptors (Lipinski definition) is 1. The number of rotatable bonds is 4. The van der Waals surface area contributed by atoms with Crippen molar-refractivity contribution in [1.82, 2.24) is 0 Å². The molecule has 0 aromatic heterocycles. The molecule has 0 aliphatic rings. The maximum Gasteiger partial charge on any atom is 0.389 e. The van der Waals surface area contributed by atoms with Crippen LogP contribution in [0.1, 0.15) is 36.4 Å². The molecule has 1 nitrogen and oxygen atoms in total. The minimum atomic E-state index is -4.09. The van der Waals surface area contributed by atoms with Crippen LogP contribution in [0.4, 0.5) is 13.2 Å². The molecule has 17 heavy (non-hydrogen) atoms. The molecule has 1 aromatic carbocycles. The molecule has 0 aliphatic heterocycles. The molecule has 0 spiro atoms. The average Bonchev–Trinajstić information content (AvgIpc) is 2.19. The second-order valence-electron chi connectivity index (χ2n) is 4.14. The predicted molar refractivity (Wildman–Crippen MR) is 65.7 cm³/mol. The summed E-state index contributed by atoms with van der Waals surface area (Å²) in [6, 6.07) is 5.35. The highest BCUT2D eigenvalue weighted by atomic mass is 79.9. The smallest absolute Gasteiger partial charge is 0.324 e. The van der Waals surface area contributed by atoms with Crippen LogP contribution in [-0.4, -0.2) is 6.18 Å². The summed E-state index contributed by atoms with van der Waals surface area (Å²) in [5.74, 6) is 0. The van der Waals surface area contributed by atoms with Gasteiger partial charge >= 0.3 is 6.18 Å². The van der Waals surface area contributed by atoms with E-state index < -0.39 is 12.6 Å². The number of halogens is 4. The van der Waals surface area contributed by atoms with Crippen LogP contribution in [0.5, 0.6) is 0 Å². The standard InChI is InChI=1S/C12H15BrF3N/c1-8-4-5-10(13)9(7-8)11(17)3-2-6-12(14,15)16/h4-5,7,11H,2-3,6,17H2,1H3. The molecule has 96 valence electrons. The molecule has 1 rings (SSSR count). The summed E-state index contributed by atoms with van der Waals surface area (Å²) in [5.41, 5.74) is 7.81.